The van der Waals surface area contributed by atoms with Gasteiger partial charge in [0.15, 0.2) is 0 Å². The second-order valence-corrected chi connectivity index (χ2v) is 6.52. The first-order chi connectivity index (χ1) is 9.54. The number of rotatable bonds is 5. The molecule has 2 aromatic rings. The van der Waals surface area contributed by atoms with Gasteiger partial charge in [-0.05, 0) is 65.2 Å². The number of halogens is 2. The van der Waals surface area contributed by atoms with Crippen molar-refractivity contribution in [1.29, 1.82) is 0 Å². The lowest BCUT2D eigenvalue weighted by atomic mass is 10.1. The molecule has 0 saturated heterocycles. The van der Waals surface area contributed by atoms with Crippen LogP contribution >= 0.6 is 31.9 Å². The molecule has 0 aliphatic carbocycles. The zero-order chi connectivity index (χ0) is 14.5. The summed E-state index contributed by atoms with van der Waals surface area (Å²) in [5, 5.41) is 0. The maximum atomic E-state index is 5.88. The van der Waals surface area contributed by atoms with Gasteiger partial charge in [-0.15, -0.1) is 0 Å². The predicted octanol–water partition coefficient (Wildman–Crippen LogP) is 4.08. The summed E-state index contributed by atoms with van der Waals surface area (Å²) in [4.78, 5) is 4.30. The second-order valence-electron chi connectivity index (χ2n) is 4.69. The van der Waals surface area contributed by atoms with E-state index in [1.807, 2.05) is 37.3 Å². The summed E-state index contributed by atoms with van der Waals surface area (Å²) in [6.45, 7) is 2.43. The Bertz CT molecular complexity index is 571. The van der Waals surface area contributed by atoms with Gasteiger partial charge >= 0.3 is 0 Å². The average Bonchev–Trinajstić information content (AvgIpc) is 2.39. The molecule has 0 amide bonds. The van der Waals surface area contributed by atoms with Gasteiger partial charge in [-0.3, -0.25) is 4.98 Å². The first kappa shape index (κ1) is 15.5. The van der Waals surface area contributed by atoms with Crippen LogP contribution in [-0.2, 0) is 13.0 Å². The fourth-order valence-electron chi connectivity index (χ4n) is 1.84. The van der Waals surface area contributed by atoms with Crippen molar-refractivity contribution in [3.8, 4) is 5.75 Å². The van der Waals surface area contributed by atoms with Gasteiger partial charge in [-0.2, -0.15) is 0 Å². The molecule has 1 unspecified atom stereocenters. The van der Waals surface area contributed by atoms with E-state index >= 15 is 0 Å². The summed E-state index contributed by atoms with van der Waals surface area (Å²) < 4.78 is 7.86. The molecular formula is C15H16Br2N2O. The van der Waals surface area contributed by atoms with Crippen LogP contribution in [0.3, 0.4) is 0 Å². The number of benzene rings is 1. The molecule has 0 aliphatic rings. The molecule has 20 heavy (non-hydrogen) atoms. The number of aromatic nitrogens is 1. The van der Waals surface area contributed by atoms with Crippen molar-refractivity contribution < 1.29 is 4.74 Å². The molecule has 1 heterocycles. The monoisotopic (exact) mass is 398 g/mol. The molecule has 0 radical (unpaired) electrons. The minimum atomic E-state index is 0.0949. The second kappa shape index (κ2) is 7.20. The largest absolute Gasteiger partial charge is 0.487 e. The van der Waals surface area contributed by atoms with Crippen LogP contribution in [0, 0.1) is 0 Å². The molecular weight excluding hydrogens is 384 g/mol. The van der Waals surface area contributed by atoms with E-state index in [0.717, 1.165) is 32.4 Å². The zero-order valence-electron chi connectivity index (χ0n) is 11.1. The Morgan fingerprint density at radius 2 is 1.95 bits per heavy atom. The van der Waals surface area contributed by atoms with Crippen LogP contribution in [0.5, 0.6) is 5.75 Å². The lowest BCUT2D eigenvalue weighted by Crippen LogP contribution is -2.18. The van der Waals surface area contributed by atoms with Crippen LogP contribution in [0.25, 0.3) is 0 Å². The van der Waals surface area contributed by atoms with E-state index in [0.29, 0.717) is 6.61 Å². The highest BCUT2D eigenvalue weighted by atomic mass is 79.9. The third kappa shape index (κ3) is 4.58. The lowest BCUT2D eigenvalue weighted by Gasteiger charge is -2.13. The Labute approximate surface area is 135 Å². The molecule has 2 rings (SSSR count). The Balaban J connectivity index is 2.10. The van der Waals surface area contributed by atoms with Crippen LogP contribution in [0.4, 0.5) is 0 Å². The van der Waals surface area contributed by atoms with E-state index in [1.54, 1.807) is 6.20 Å². The summed E-state index contributed by atoms with van der Waals surface area (Å²) in [5.74, 6) is 0.857. The Morgan fingerprint density at radius 3 is 2.60 bits per heavy atom. The van der Waals surface area contributed by atoms with Gasteiger partial charge in [0.25, 0.3) is 0 Å². The van der Waals surface area contributed by atoms with E-state index < -0.39 is 0 Å². The Hall–Kier alpha value is -0.910. The van der Waals surface area contributed by atoms with Gasteiger partial charge in [-0.1, -0.05) is 15.9 Å². The van der Waals surface area contributed by atoms with Crippen LogP contribution < -0.4 is 10.5 Å². The van der Waals surface area contributed by atoms with Crippen molar-refractivity contribution in [2.45, 2.75) is 26.0 Å². The molecule has 0 bridgehead atoms. The van der Waals surface area contributed by atoms with Crippen LogP contribution in [0.1, 0.15) is 18.2 Å². The number of nitrogens with two attached hydrogens (primary N) is 1. The average molecular weight is 400 g/mol. The van der Waals surface area contributed by atoms with Gasteiger partial charge in [0.2, 0.25) is 0 Å². The van der Waals surface area contributed by atoms with E-state index in [1.165, 1.54) is 0 Å². The SMILES string of the molecule is CC(N)Cc1cc(Br)ccc1OCc1ccc(Br)cn1. The van der Waals surface area contributed by atoms with Gasteiger partial charge < -0.3 is 10.5 Å². The molecule has 3 nitrogen and oxygen atoms in total. The van der Waals surface area contributed by atoms with E-state index in [4.69, 9.17) is 10.5 Å². The molecule has 0 saturated carbocycles. The quantitative estimate of drug-likeness (QED) is 0.823. The minimum Gasteiger partial charge on any atom is -0.487 e. The maximum Gasteiger partial charge on any atom is 0.130 e. The van der Waals surface area contributed by atoms with Crippen LogP contribution in [0.15, 0.2) is 45.5 Å². The zero-order valence-corrected chi connectivity index (χ0v) is 14.3. The highest BCUT2D eigenvalue weighted by molar-refractivity contribution is 9.10. The minimum absolute atomic E-state index is 0.0949. The maximum absolute atomic E-state index is 5.88. The number of nitrogens with zero attached hydrogens (tertiary/aromatic N) is 1. The topological polar surface area (TPSA) is 48.1 Å². The molecule has 5 heteroatoms. The van der Waals surface area contributed by atoms with Gasteiger partial charge in [-0.25, -0.2) is 0 Å². The van der Waals surface area contributed by atoms with E-state index in [2.05, 4.69) is 36.8 Å². The molecule has 0 spiro atoms. The summed E-state index contributed by atoms with van der Waals surface area (Å²) in [6, 6.07) is 9.96. The first-order valence-corrected chi connectivity index (χ1v) is 7.90. The van der Waals surface area contributed by atoms with Crippen molar-refractivity contribution >= 4 is 31.9 Å². The van der Waals surface area contributed by atoms with Gasteiger partial charge in [0.1, 0.15) is 12.4 Å². The molecule has 2 N–H and O–H groups in total. The van der Waals surface area contributed by atoms with Crippen molar-refractivity contribution in [2.75, 3.05) is 0 Å². The molecule has 0 fully saturated rings. The van der Waals surface area contributed by atoms with Crippen molar-refractivity contribution in [2.24, 2.45) is 5.73 Å². The fraction of sp³-hybridized carbons (Fsp3) is 0.267. The van der Waals surface area contributed by atoms with Crippen molar-refractivity contribution in [3.63, 3.8) is 0 Å². The molecule has 106 valence electrons. The summed E-state index contributed by atoms with van der Waals surface area (Å²) in [7, 11) is 0. The number of hydrogen-bond acceptors (Lipinski definition) is 3. The number of ether oxygens (including phenoxy) is 1. The fourth-order valence-corrected chi connectivity index (χ4v) is 2.48. The normalized spacial score (nSPS) is 12.2. The van der Waals surface area contributed by atoms with E-state index in [-0.39, 0.29) is 6.04 Å². The molecule has 1 aromatic heterocycles. The smallest absolute Gasteiger partial charge is 0.130 e. The summed E-state index contributed by atoms with van der Waals surface area (Å²) >= 11 is 6.84. The van der Waals surface area contributed by atoms with Gasteiger partial charge in [0, 0.05) is 21.2 Å². The van der Waals surface area contributed by atoms with Crippen molar-refractivity contribution in [1.82, 2.24) is 4.98 Å². The first-order valence-electron chi connectivity index (χ1n) is 6.32. The third-order valence-electron chi connectivity index (χ3n) is 2.73. The Kier molecular flexibility index (Phi) is 5.57. The molecule has 1 atom stereocenters. The highest BCUT2D eigenvalue weighted by Crippen LogP contribution is 2.25. The number of hydrogen-bond donors (Lipinski definition) is 1. The lowest BCUT2D eigenvalue weighted by molar-refractivity contribution is 0.297. The summed E-state index contributed by atoms with van der Waals surface area (Å²) in [6.07, 6.45) is 2.55. The third-order valence-corrected chi connectivity index (χ3v) is 3.69. The Morgan fingerprint density at radius 1 is 1.20 bits per heavy atom. The van der Waals surface area contributed by atoms with Gasteiger partial charge in [0.05, 0.1) is 5.69 Å². The van der Waals surface area contributed by atoms with Crippen LogP contribution in [-0.4, -0.2) is 11.0 Å². The van der Waals surface area contributed by atoms with E-state index in [9.17, 15) is 0 Å². The highest BCUT2D eigenvalue weighted by Gasteiger charge is 2.08. The number of pyridine rings is 1. The molecule has 1 aromatic carbocycles. The predicted molar refractivity (Wildman–Crippen MR) is 87.8 cm³/mol. The standard InChI is InChI=1S/C15H16Br2N2O/c1-10(18)6-11-7-12(16)3-5-15(11)20-9-14-4-2-13(17)8-19-14/h2-5,7-8,10H,6,9,18H2,1H3. The molecule has 0 aliphatic heterocycles. The van der Waals surface area contributed by atoms with Crippen LogP contribution in [0.2, 0.25) is 0 Å². The summed E-state index contributed by atoms with van der Waals surface area (Å²) in [5.41, 5.74) is 7.87. The van der Waals surface area contributed by atoms with Crippen molar-refractivity contribution in [3.05, 3.63) is 56.7 Å².